The summed E-state index contributed by atoms with van der Waals surface area (Å²) in [7, 11) is 0.846. The van der Waals surface area contributed by atoms with Crippen molar-refractivity contribution < 1.29 is 31.6 Å². The van der Waals surface area contributed by atoms with Crippen LogP contribution in [0.15, 0.2) is 30.3 Å². The fourth-order valence-corrected chi connectivity index (χ4v) is 5.29. The van der Waals surface area contributed by atoms with Gasteiger partial charge in [-0.1, -0.05) is 29.3 Å². The van der Waals surface area contributed by atoms with Crippen LogP contribution in [0.3, 0.4) is 0 Å². The van der Waals surface area contributed by atoms with Crippen LogP contribution in [0.4, 0.5) is 0 Å². The lowest BCUT2D eigenvalue weighted by Gasteiger charge is -2.31. The van der Waals surface area contributed by atoms with E-state index in [0.717, 1.165) is 11.8 Å². The second-order valence-electron chi connectivity index (χ2n) is 8.07. The molecule has 1 aliphatic rings. The van der Waals surface area contributed by atoms with Crippen molar-refractivity contribution >= 4 is 39.2 Å². The van der Waals surface area contributed by atoms with Crippen LogP contribution in [-0.4, -0.2) is 66.5 Å². The fourth-order valence-electron chi connectivity index (χ4n) is 4.30. The lowest BCUT2D eigenvalue weighted by atomic mass is 9.77. The van der Waals surface area contributed by atoms with Crippen LogP contribution in [0, 0.1) is 0 Å². The van der Waals surface area contributed by atoms with Crippen molar-refractivity contribution in [2.75, 3.05) is 47.3 Å². The summed E-state index contributed by atoms with van der Waals surface area (Å²) in [5.41, 5.74) is 0.554. The van der Waals surface area contributed by atoms with Gasteiger partial charge in [-0.3, -0.25) is 8.98 Å². The number of halogens is 2. The van der Waals surface area contributed by atoms with Crippen molar-refractivity contribution in [3.8, 4) is 17.2 Å². The normalized spacial score (nSPS) is 18.1. The summed E-state index contributed by atoms with van der Waals surface area (Å²) >= 11 is 12.6. The molecule has 1 unspecified atom stereocenters. The van der Waals surface area contributed by atoms with Gasteiger partial charge < -0.3 is 19.1 Å². The first kappa shape index (κ1) is 26.4. The molecule has 1 heterocycles. The van der Waals surface area contributed by atoms with Crippen LogP contribution in [0.5, 0.6) is 17.2 Å². The van der Waals surface area contributed by atoms with Gasteiger partial charge >= 0.3 is 0 Å². The zero-order chi connectivity index (χ0) is 25.1. The molecule has 0 aromatic heterocycles. The number of hydrogen-bond donors (Lipinski definition) is 0. The standard InChI is InChI=1S/C23H27Cl2NO7S/c1-30-19-11-15(12-20(31-2)21(19)32-3)22(27)26-9-7-23(14-26,8-10-33-34(4,28)29)17-6-5-16(24)13-18(17)25/h5-6,11-13H,7-10,14H2,1-4H3. The molecule has 0 aliphatic carbocycles. The summed E-state index contributed by atoms with van der Waals surface area (Å²) in [4.78, 5) is 15.2. The summed E-state index contributed by atoms with van der Waals surface area (Å²) in [5, 5.41) is 0.938. The molecule has 1 amide bonds. The topological polar surface area (TPSA) is 91.4 Å². The molecule has 3 rings (SSSR count). The molecule has 8 nitrogen and oxygen atoms in total. The highest BCUT2D eigenvalue weighted by Gasteiger charge is 2.43. The summed E-state index contributed by atoms with van der Waals surface area (Å²) in [6.45, 7) is 0.717. The average Bonchev–Trinajstić information content (AvgIpc) is 3.21. The van der Waals surface area contributed by atoms with Gasteiger partial charge in [-0.2, -0.15) is 8.42 Å². The van der Waals surface area contributed by atoms with Gasteiger partial charge in [0.05, 0.1) is 34.2 Å². The molecule has 0 N–H and O–H groups in total. The molecule has 11 heteroatoms. The Morgan fingerprint density at radius 3 is 2.24 bits per heavy atom. The number of rotatable bonds is 9. The minimum Gasteiger partial charge on any atom is -0.493 e. The molecule has 0 saturated carbocycles. The van der Waals surface area contributed by atoms with Crippen LogP contribution in [0.1, 0.15) is 28.8 Å². The molecular weight excluding hydrogens is 505 g/mol. The largest absolute Gasteiger partial charge is 0.493 e. The number of hydrogen-bond acceptors (Lipinski definition) is 7. The maximum Gasteiger partial charge on any atom is 0.264 e. The van der Waals surface area contributed by atoms with E-state index in [4.69, 9.17) is 41.6 Å². The van der Waals surface area contributed by atoms with E-state index < -0.39 is 15.5 Å². The number of ether oxygens (including phenoxy) is 3. The summed E-state index contributed by atoms with van der Waals surface area (Å²) in [6, 6.07) is 8.39. The van der Waals surface area contributed by atoms with Crippen molar-refractivity contribution in [2.24, 2.45) is 0 Å². The fraction of sp³-hybridized carbons (Fsp3) is 0.435. The molecule has 1 fully saturated rings. The third-order valence-corrected chi connectivity index (χ3v) is 7.08. The van der Waals surface area contributed by atoms with Gasteiger partial charge in [0.2, 0.25) is 5.75 Å². The minimum atomic E-state index is -3.61. The van der Waals surface area contributed by atoms with Crippen molar-refractivity contribution in [1.82, 2.24) is 4.90 Å². The van der Waals surface area contributed by atoms with E-state index in [9.17, 15) is 13.2 Å². The molecule has 1 atom stereocenters. The Morgan fingerprint density at radius 2 is 1.71 bits per heavy atom. The molecule has 0 radical (unpaired) electrons. The first-order valence-electron chi connectivity index (χ1n) is 10.4. The van der Waals surface area contributed by atoms with E-state index in [0.29, 0.717) is 58.8 Å². The number of amides is 1. The average molecular weight is 532 g/mol. The quantitative estimate of drug-likeness (QED) is 0.448. The van der Waals surface area contributed by atoms with Crippen molar-refractivity contribution in [3.05, 3.63) is 51.5 Å². The first-order chi connectivity index (χ1) is 16.0. The number of likely N-dealkylation sites (tertiary alicyclic amines) is 1. The number of benzene rings is 2. The molecular formula is C23H27Cl2NO7S. The van der Waals surface area contributed by atoms with Crippen LogP contribution < -0.4 is 14.2 Å². The van der Waals surface area contributed by atoms with E-state index >= 15 is 0 Å². The Morgan fingerprint density at radius 1 is 1.06 bits per heavy atom. The Hall–Kier alpha value is -2.20. The van der Waals surface area contributed by atoms with Gasteiger partial charge in [-0.05, 0) is 42.7 Å². The van der Waals surface area contributed by atoms with E-state index in [1.54, 1.807) is 29.2 Å². The third-order valence-electron chi connectivity index (χ3n) is 5.93. The SMILES string of the molecule is COc1cc(C(=O)N2CCC(CCOS(C)(=O)=O)(c3ccc(Cl)cc3Cl)C2)cc(OC)c1OC. The van der Waals surface area contributed by atoms with Crippen molar-refractivity contribution in [1.29, 1.82) is 0 Å². The van der Waals surface area contributed by atoms with Crippen molar-refractivity contribution in [2.45, 2.75) is 18.3 Å². The summed E-state index contributed by atoms with van der Waals surface area (Å²) < 4.78 is 44.2. The Labute approximate surface area is 209 Å². The molecule has 0 spiro atoms. The zero-order valence-electron chi connectivity index (χ0n) is 19.4. The maximum atomic E-state index is 13.5. The molecule has 0 bridgehead atoms. The summed E-state index contributed by atoms with van der Waals surface area (Å²) in [6.07, 6.45) is 1.92. The molecule has 186 valence electrons. The highest BCUT2D eigenvalue weighted by atomic mass is 35.5. The predicted octanol–water partition coefficient (Wildman–Crippen LogP) is 4.17. The predicted molar refractivity (Wildman–Crippen MR) is 130 cm³/mol. The van der Waals surface area contributed by atoms with Crippen LogP contribution in [-0.2, 0) is 19.7 Å². The molecule has 2 aromatic rings. The molecule has 34 heavy (non-hydrogen) atoms. The Bertz CT molecular complexity index is 1150. The molecule has 2 aromatic carbocycles. The van der Waals surface area contributed by atoms with Gasteiger partial charge in [0.15, 0.2) is 11.5 Å². The van der Waals surface area contributed by atoms with Gasteiger partial charge in [0.25, 0.3) is 16.0 Å². The molecule has 1 saturated heterocycles. The monoisotopic (exact) mass is 531 g/mol. The maximum absolute atomic E-state index is 13.5. The van der Waals surface area contributed by atoms with Gasteiger partial charge in [-0.15, -0.1) is 0 Å². The lowest BCUT2D eigenvalue weighted by molar-refractivity contribution is 0.0779. The van der Waals surface area contributed by atoms with Crippen LogP contribution in [0.25, 0.3) is 0 Å². The second-order valence-corrected chi connectivity index (χ2v) is 10.6. The van der Waals surface area contributed by atoms with E-state index in [1.165, 1.54) is 21.3 Å². The summed E-state index contributed by atoms with van der Waals surface area (Å²) in [5.74, 6) is 0.911. The van der Waals surface area contributed by atoms with Crippen LogP contribution in [0.2, 0.25) is 10.0 Å². The van der Waals surface area contributed by atoms with Crippen LogP contribution >= 0.6 is 23.2 Å². The zero-order valence-corrected chi connectivity index (χ0v) is 21.7. The first-order valence-corrected chi connectivity index (χ1v) is 13.0. The minimum absolute atomic E-state index is 0.0377. The number of methoxy groups -OCH3 is 3. The van der Waals surface area contributed by atoms with Gasteiger partial charge in [-0.25, -0.2) is 0 Å². The number of carbonyl (C=O) groups is 1. The Balaban J connectivity index is 1.94. The van der Waals surface area contributed by atoms with Gasteiger partial charge in [0.1, 0.15) is 0 Å². The van der Waals surface area contributed by atoms with Gasteiger partial charge in [0, 0.05) is 34.1 Å². The number of nitrogens with zero attached hydrogens (tertiary/aromatic N) is 1. The third kappa shape index (κ3) is 5.71. The highest BCUT2D eigenvalue weighted by molar-refractivity contribution is 7.85. The second kappa shape index (κ2) is 10.6. The van der Waals surface area contributed by atoms with E-state index in [1.807, 2.05) is 6.07 Å². The smallest absolute Gasteiger partial charge is 0.264 e. The van der Waals surface area contributed by atoms with E-state index in [2.05, 4.69) is 0 Å². The molecule has 1 aliphatic heterocycles. The van der Waals surface area contributed by atoms with E-state index in [-0.39, 0.29) is 12.5 Å². The number of carbonyl (C=O) groups excluding carboxylic acids is 1. The highest BCUT2D eigenvalue weighted by Crippen LogP contribution is 2.43. The Kier molecular flexibility index (Phi) is 8.23. The lowest BCUT2D eigenvalue weighted by Crippen LogP contribution is -2.36. The van der Waals surface area contributed by atoms with Crippen molar-refractivity contribution in [3.63, 3.8) is 0 Å².